The number of carbonyl (C=O) groups is 1. The molecule has 0 radical (unpaired) electrons. The van der Waals surface area contributed by atoms with Crippen LogP contribution >= 0.6 is 0 Å². The highest BCUT2D eigenvalue weighted by atomic mass is 16.6. The van der Waals surface area contributed by atoms with Gasteiger partial charge < -0.3 is 24.8 Å². The Morgan fingerprint density at radius 3 is 2.33 bits per heavy atom. The Kier molecular flexibility index (Phi) is 6.68. The minimum Gasteiger partial charge on any atom is -0.495 e. The molecule has 0 rings (SSSR count). The van der Waals surface area contributed by atoms with Crippen molar-refractivity contribution in [3.05, 3.63) is 11.3 Å². The van der Waals surface area contributed by atoms with E-state index in [9.17, 15) is 4.79 Å². The number of ether oxygens (including phenoxy) is 2. The molecule has 0 bridgehead atoms. The largest absolute Gasteiger partial charge is 0.495 e. The topological polar surface area (TPSA) is 96.2 Å². The van der Waals surface area contributed by atoms with Gasteiger partial charge in [-0.1, -0.05) is 0 Å². The average molecular weight is 220 g/mol. The first-order valence-electron chi connectivity index (χ1n) is 4.43. The molecule has 6 nitrogen and oxygen atoms in total. The summed E-state index contributed by atoms with van der Waals surface area (Å²) in [5, 5.41) is 25.4. The Labute approximate surface area is 87.7 Å². The maximum Gasteiger partial charge on any atom is 0.337 e. The molecule has 0 heterocycles. The number of esters is 1. The van der Waals surface area contributed by atoms with E-state index in [1.165, 1.54) is 6.92 Å². The first kappa shape index (κ1) is 13.9. The third kappa shape index (κ3) is 6.05. The summed E-state index contributed by atoms with van der Waals surface area (Å²) in [6.07, 6.45) is -1.68. The zero-order valence-corrected chi connectivity index (χ0v) is 8.77. The number of hydrogen-bond acceptors (Lipinski definition) is 6. The molecule has 88 valence electrons. The van der Waals surface area contributed by atoms with Gasteiger partial charge in [-0.05, 0) is 13.8 Å². The lowest BCUT2D eigenvalue weighted by Crippen LogP contribution is -2.19. The molecule has 0 aliphatic carbocycles. The highest BCUT2D eigenvalue weighted by Crippen LogP contribution is 2.06. The van der Waals surface area contributed by atoms with E-state index in [0.717, 1.165) is 0 Å². The van der Waals surface area contributed by atoms with Crippen LogP contribution in [0.25, 0.3) is 0 Å². The standard InChI is InChI=1S/C9H16O6/c1-6(7(2)14-4-3-10)9(13)15-5-8(11)12/h8,10-12H,3-5H2,1-2H3. The number of carbonyl (C=O) groups excluding carboxylic acids is 1. The molecule has 0 atom stereocenters. The van der Waals surface area contributed by atoms with Crippen molar-refractivity contribution < 1.29 is 29.6 Å². The quantitative estimate of drug-likeness (QED) is 0.233. The van der Waals surface area contributed by atoms with Crippen molar-refractivity contribution in [1.29, 1.82) is 0 Å². The fourth-order valence-corrected chi connectivity index (χ4v) is 0.709. The van der Waals surface area contributed by atoms with Crippen molar-refractivity contribution in [2.75, 3.05) is 19.8 Å². The van der Waals surface area contributed by atoms with E-state index in [0.29, 0.717) is 5.76 Å². The van der Waals surface area contributed by atoms with Crippen LogP contribution in [0.1, 0.15) is 13.8 Å². The van der Waals surface area contributed by atoms with Crippen molar-refractivity contribution in [2.45, 2.75) is 20.1 Å². The average Bonchev–Trinajstić information content (AvgIpc) is 2.21. The Bertz CT molecular complexity index is 233. The highest BCUT2D eigenvalue weighted by Gasteiger charge is 2.11. The molecule has 0 aromatic heterocycles. The van der Waals surface area contributed by atoms with Gasteiger partial charge in [-0.2, -0.15) is 0 Å². The van der Waals surface area contributed by atoms with E-state index in [-0.39, 0.29) is 18.8 Å². The maximum absolute atomic E-state index is 11.2. The lowest BCUT2D eigenvalue weighted by Gasteiger charge is -2.09. The van der Waals surface area contributed by atoms with E-state index in [4.69, 9.17) is 20.1 Å². The predicted molar refractivity (Wildman–Crippen MR) is 50.6 cm³/mol. The number of aliphatic hydroxyl groups excluding tert-OH is 2. The normalized spacial score (nSPS) is 12.4. The molecule has 15 heavy (non-hydrogen) atoms. The van der Waals surface area contributed by atoms with Gasteiger partial charge in [-0.25, -0.2) is 4.79 Å². The van der Waals surface area contributed by atoms with Gasteiger partial charge in [-0.3, -0.25) is 0 Å². The monoisotopic (exact) mass is 220 g/mol. The van der Waals surface area contributed by atoms with Crippen LogP contribution in [0.4, 0.5) is 0 Å². The van der Waals surface area contributed by atoms with Crippen molar-refractivity contribution in [1.82, 2.24) is 0 Å². The van der Waals surface area contributed by atoms with Gasteiger partial charge in [0.05, 0.1) is 12.2 Å². The molecule has 0 fully saturated rings. The van der Waals surface area contributed by atoms with Crippen LogP contribution in [0, 0.1) is 0 Å². The van der Waals surface area contributed by atoms with E-state index < -0.39 is 18.9 Å². The highest BCUT2D eigenvalue weighted by molar-refractivity contribution is 5.88. The molecule has 0 aliphatic rings. The molecule has 0 amide bonds. The lowest BCUT2D eigenvalue weighted by atomic mass is 10.3. The van der Waals surface area contributed by atoms with Crippen molar-refractivity contribution in [2.24, 2.45) is 0 Å². The summed E-state index contributed by atoms with van der Waals surface area (Å²) in [6, 6.07) is 0. The molecule has 0 aliphatic heterocycles. The molecule has 0 spiro atoms. The van der Waals surface area contributed by atoms with Crippen LogP contribution in [0.3, 0.4) is 0 Å². The van der Waals surface area contributed by atoms with Crippen LogP contribution in [-0.4, -0.2) is 47.4 Å². The van der Waals surface area contributed by atoms with Crippen LogP contribution in [-0.2, 0) is 14.3 Å². The number of rotatable bonds is 6. The number of allylic oxidation sites excluding steroid dienone is 1. The summed E-state index contributed by atoms with van der Waals surface area (Å²) in [7, 11) is 0. The summed E-state index contributed by atoms with van der Waals surface area (Å²) >= 11 is 0. The molecule has 0 saturated carbocycles. The third-order valence-corrected chi connectivity index (χ3v) is 1.61. The molecule has 6 heteroatoms. The SMILES string of the molecule is CC(OCCO)=C(C)C(=O)OCC(O)O. The lowest BCUT2D eigenvalue weighted by molar-refractivity contribution is -0.152. The van der Waals surface area contributed by atoms with Crippen molar-refractivity contribution in [3.63, 3.8) is 0 Å². The molecule has 3 N–H and O–H groups in total. The van der Waals surface area contributed by atoms with Crippen LogP contribution in [0.2, 0.25) is 0 Å². The van der Waals surface area contributed by atoms with E-state index >= 15 is 0 Å². The second kappa shape index (κ2) is 7.22. The summed E-state index contributed by atoms with van der Waals surface area (Å²) < 4.78 is 9.51. The zero-order valence-electron chi connectivity index (χ0n) is 8.77. The van der Waals surface area contributed by atoms with Crippen LogP contribution < -0.4 is 0 Å². The number of aliphatic hydroxyl groups is 3. The van der Waals surface area contributed by atoms with Crippen molar-refractivity contribution in [3.8, 4) is 0 Å². The van der Waals surface area contributed by atoms with E-state index in [1.807, 2.05) is 0 Å². The predicted octanol–water partition coefficient (Wildman–Crippen LogP) is -0.857. The second-order valence-corrected chi connectivity index (χ2v) is 2.83. The summed E-state index contributed by atoms with van der Waals surface area (Å²) in [5.41, 5.74) is 0.226. The summed E-state index contributed by atoms with van der Waals surface area (Å²) in [6.45, 7) is 2.51. The number of hydrogen-bond donors (Lipinski definition) is 3. The van der Waals surface area contributed by atoms with Gasteiger partial charge in [0.15, 0.2) is 6.29 Å². The maximum atomic E-state index is 11.2. The van der Waals surface area contributed by atoms with Crippen LogP contribution in [0.15, 0.2) is 11.3 Å². The molecule has 0 aromatic carbocycles. The molecular formula is C9H16O6. The Morgan fingerprint density at radius 1 is 1.27 bits per heavy atom. The van der Waals surface area contributed by atoms with Gasteiger partial charge in [0, 0.05) is 0 Å². The second-order valence-electron chi connectivity index (χ2n) is 2.83. The zero-order chi connectivity index (χ0) is 11.8. The molecule has 0 saturated heterocycles. The van der Waals surface area contributed by atoms with Gasteiger partial charge in [0.1, 0.15) is 19.0 Å². The van der Waals surface area contributed by atoms with Crippen molar-refractivity contribution >= 4 is 5.97 Å². The molecule has 0 aromatic rings. The summed E-state index contributed by atoms with van der Waals surface area (Å²) in [4.78, 5) is 11.2. The minimum atomic E-state index is -1.68. The molecular weight excluding hydrogens is 204 g/mol. The van der Waals surface area contributed by atoms with E-state index in [2.05, 4.69) is 4.74 Å². The third-order valence-electron chi connectivity index (χ3n) is 1.61. The smallest absolute Gasteiger partial charge is 0.337 e. The Morgan fingerprint density at radius 2 is 1.87 bits per heavy atom. The molecule has 0 unspecified atom stereocenters. The first-order valence-corrected chi connectivity index (χ1v) is 4.43. The summed E-state index contributed by atoms with van der Waals surface area (Å²) in [5.74, 6) is -0.347. The Hall–Kier alpha value is -1.11. The fraction of sp³-hybridized carbons (Fsp3) is 0.667. The van der Waals surface area contributed by atoms with Gasteiger partial charge in [0.2, 0.25) is 0 Å². The first-order chi connectivity index (χ1) is 6.99. The fourth-order valence-electron chi connectivity index (χ4n) is 0.709. The van der Waals surface area contributed by atoms with E-state index in [1.54, 1.807) is 6.92 Å². The minimum absolute atomic E-state index is 0.0963. The Balaban J connectivity index is 4.15. The van der Waals surface area contributed by atoms with Gasteiger partial charge in [0.25, 0.3) is 0 Å². The van der Waals surface area contributed by atoms with Crippen LogP contribution in [0.5, 0.6) is 0 Å². The van der Waals surface area contributed by atoms with Gasteiger partial charge >= 0.3 is 5.97 Å². The van der Waals surface area contributed by atoms with Gasteiger partial charge in [-0.15, -0.1) is 0 Å².